The second kappa shape index (κ2) is 7.87. The van der Waals surface area contributed by atoms with Gasteiger partial charge in [-0.2, -0.15) is 4.68 Å². The first kappa shape index (κ1) is 19.8. The number of carbonyl (C=O) groups is 1. The Morgan fingerprint density at radius 2 is 1.83 bits per heavy atom. The standard InChI is InChI=1S/C22H29N5O2S/c1-14(22-10-15-7-16(11-22)9-17(8-15)12-22)23-20(28)13-30-21-24-25-26-27(21)18-3-5-19(29-2)6-4-18/h3-6,14-17H,7-13H2,1-2H3,(H,23,28)/t14-,15?,16?,17?,22?/m0/s1. The Bertz CT molecular complexity index is 877. The molecule has 4 aliphatic rings. The third-order valence-corrected chi connectivity index (χ3v) is 8.39. The maximum atomic E-state index is 12.7. The van der Waals surface area contributed by atoms with Crippen molar-refractivity contribution in [2.45, 2.75) is 56.6 Å². The molecule has 30 heavy (non-hydrogen) atoms. The van der Waals surface area contributed by atoms with Crippen LogP contribution in [0.15, 0.2) is 29.4 Å². The van der Waals surface area contributed by atoms with Crippen molar-refractivity contribution in [2.24, 2.45) is 23.2 Å². The van der Waals surface area contributed by atoms with E-state index in [1.807, 2.05) is 24.3 Å². The number of rotatable bonds is 7. The number of thioether (sulfide) groups is 1. The van der Waals surface area contributed by atoms with Crippen molar-refractivity contribution in [1.82, 2.24) is 25.5 Å². The van der Waals surface area contributed by atoms with Crippen LogP contribution in [0.25, 0.3) is 5.69 Å². The van der Waals surface area contributed by atoms with Crippen LogP contribution in [0.5, 0.6) is 5.75 Å². The van der Waals surface area contributed by atoms with Crippen LogP contribution < -0.4 is 10.1 Å². The van der Waals surface area contributed by atoms with Gasteiger partial charge in [0.05, 0.1) is 18.6 Å². The minimum absolute atomic E-state index is 0.0625. The van der Waals surface area contributed by atoms with E-state index in [1.165, 1.54) is 50.3 Å². The maximum Gasteiger partial charge on any atom is 0.230 e. The summed E-state index contributed by atoms with van der Waals surface area (Å²) in [5.41, 5.74) is 1.16. The summed E-state index contributed by atoms with van der Waals surface area (Å²) in [6.45, 7) is 2.22. The Balaban J connectivity index is 1.20. The third kappa shape index (κ3) is 3.70. The van der Waals surface area contributed by atoms with Crippen molar-refractivity contribution in [3.63, 3.8) is 0 Å². The Morgan fingerprint density at radius 1 is 1.20 bits per heavy atom. The third-order valence-electron chi connectivity index (χ3n) is 7.47. The number of tetrazole rings is 1. The highest BCUT2D eigenvalue weighted by atomic mass is 32.2. The van der Waals surface area contributed by atoms with E-state index in [9.17, 15) is 4.79 Å². The number of benzene rings is 1. The fourth-order valence-electron chi connectivity index (χ4n) is 6.43. The predicted molar refractivity (Wildman–Crippen MR) is 115 cm³/mol. The van der Waals surface area contributed by atoms with E-state index in [0.29, 0.717) is 16.3 Å². The largest absolute Gasteiger partial charge is 0.497 e. The fourth-order valence-corrected chi connectivity index (χ4v) is 7.13. The number of nitrogens with zero attached hydrogens (tertiary/aromatic N) is 4. The van der Waals surface area contributed by atoms with Gasteiger partial charge < -0.3 is 10.1 Å². The molecular weight excluding hydrogens is 398 g/mol. The first-order valence-electron chi connectivity index (χ1n) is 10.9. The quantitative estimate of drug-likeness (QED) is 0.681. The van der Waals surface area contributed by atoms with Gasteiger partial charge in [0, 0.05) is 6.04 Å². The molecule has 0 spiro atoms. The smallest absolute Gasteiger partial charge is 0.230 e. The summed E-state index contributed by atoms with van der Waals surface area (Å²) in [6.07, 6.45) is 8.15. The van der Waals surface area contributed by atoms with E-state index >= 15 is 0 Å². The SMILES string of the molecule is COc1ccc(-n2nnnc2SCC(=O)N[C@@H](C)C23CC4CC(CC(C4)C2)C3)cc1. The number of methoxy groups -OCH3 is 1. The van der Waals surface area contributed by atoms with Gasteiger partial charge in [0.25, 0.3) is 0 Å². The molecule has 7 nitrogen and oxygen atoms in total. The molecule has 4 fully saturated rings. The number of aromatic nitrogens is 4. The maximum absolute atomic E-state index is 12.7. The number of hydrogen-bond donors (Lipinski definition) is 1. The van der Waals surface area contributed by atoms with Crippen LogP contribution in [-0.2, 0) is 4.79 Å². The summed E-state index contributed by atoms with van der Waals surface area (Å²) < 4.78 is 6.85. The van der Waals surface area contributed by atoms with Crippen molar-refractivity contribution >= 4 is 17.7 Å². The van der Waals surface area contributed by atoms with Crippen LogP contribution in [0.2, 0.25) is 0 Å². The van der Waals surface area contributed by atoms with E-state index in [0.717, 1.165) is 29.2 Å². The molecule has 0 aliphatic heterocycles. The van der Waals surface area contributed by atoms with Gasteiger partial charge in [0.15, 0.2) is 0 Å². The molecule has 0 unspecified atom stereocenters. The van der Waals surface area contributed by atoms with Gasteiger partial charge in [-0.25, -0.2) is 0 Å². The lowest BCUT2D eigenvalue weighted by atomic mass is 9.48. The summed E-state index contributed by atoms with van der Waals surface area (Å²) in [5.74, 6) is 3.82. The zero-order chi connectivity index (χ0) is 20.7. The topological polar surface area (TPSA) is 81.9 Å². The first-order valence-corrected chi connectivity index (χ1v) is 11.9. The number of nitrogens with one attached hydrogen (secondary N) is 1. The molecule has 1 N–H and O–H groups in total. The highest BCUT2D eigenvalue weighted by Crippen LogP contribution is 2.61. The number of carbonyl (C=O) groups excluding carboxylic acids is 1. The average molecular weight is 428 g/mol. The van der Waals surface area contributed by atoms with Crippen LogP contribution in [0.4, 0.5) is 0 Å². The van der Waals surface area contributed by atoms with Crippen LogP contribution in [0, 0.1) is 23.2 Å². The number of hydrogen-bond acceptors (Lipinski definition) is 6. The average Bonchev–Trinajstić information content (AvgIpc) is 3.20. The lowest BCUT2D eigenvalue weighted by molar-refractivity contribution is -0.123. The summed E-state index contributed by atoms with van der Waals surface area (Å²) in [7, 11) is 1.64. The normalized spacial score (nSPS) is 30.3. The minimum Gasteiger partial charge on any atom is -0.497 e. The Kier molecular flexibility index (Phi) is 5.21. The summed E-state index contributed by atoms with van der Waals surface area (Å²) in [5, 5.41) is 15.9. The van der Waals surface area contributed by atoms with Gasteiger partial charge in [-0.3, -0.25) is 4.79 Å². The van der Waals surface area contributed by atoms with Gasteiger partial charge in [-0.15, -0.1) is 5.10 Å². The summed E-state index contributed by atoms with van der Waals surface area (Å²) >= 11 is 1.37. The van der Waals surface area contributed by atoms with Gasteiger partial charge in [-0.1, -0.05) is 11.8 Å². The van der Waals surface area contributed by atoms with Crippen molar-refractivity contribution in [1.29, 1.82) is 0 Å². The zero-order valence-electron chi connectivity index (χ0n) is 17.6. The van der Waals surface area contributed by atoms with Crippen LogP contribution in [0.3, 0.4) is 0 Å². The fraction of sp³-hybridized carbons (Fsp3) is 0.636. The molecule has 1 amide bonds. The minimum atomic E-state index is 0.0625. The van der Waals surface area contributed by atoms with Crippen LogP contribution in [-0.4, -0.2) is 45.0 Å². The summed E-state index contributed by atoms with van der Waals surface area (Å²) in [6, 6.07) is 7.76. The molecule has 6 rings (SSSR count). The molecular formula is C22H29N5O2S. The van der Waals surface area contributed by atoms with Crippen LogP contribution in [0.1, 0.15) is 45.4 Å². The molecule has 4 saturated carbocycles. The van der Waals surface area contributed by atoms with Crippen molar-refractivity contribution in [3.05, 3.63) is 24.3 Å². The van der Waals surface area contributed by atoms with Crippen LogP contribution >= 0.6 is 11.8 Å². The molecule has 2 aromatic rings. The number of ether oxygens (including phenoxy) is 1. The Hall–Kier alpha value is -2.09. The second-order valence-corrected chi connectivity index (χ2v) is 10.4. The van der Waals surface area contributed by atoms with Gasteiger partial charge in [0.2, 0.25) is 11.1 Å². The van der Waals surface area contributed by atoms with E-state index in [1.54, 1.807) is 11.8 Å². The van der Waals surface area contributed by atoms with Crippen molar-refractivity contribution in [3.8, 4) is 11.4 Å². The van der Waals surface area contributed by atoms with E-state index in [2.05, 4.69) is 27.8 Å². The van der Waals surface area contributed by atoms with Gasteiger partial charge in [0.1, 0.15) is 5.75 Å². The molecule has 0 saturated heterocycles. The highest BCUT2D eigenvalue weighted by molar-refractivity contribution is 7.99. The Morgan fingerprint density at radius 3 is 2.43 bits per heavy atom. The molecule has 0 radical (unpaired) electrons. The molecule has 160 valence electrons. The van der Waals surface area contributed by atoms with E-state index < -0.39 is 0 Å². The monoisotopic (exact) mass is 427 g/mol. The lowest BCUT2D eigenvalue weighted by Gasteiger charge is -2.59. The van der Waals surface area contributed by atoms with Gasteiger partial charge >= 0.3 is 0 Å². The predicted octanol–water partition coefficient (Wildman–Crippen LogP) is 3.48. The second-order valence-electron chi connectivity index (χ2n) is 9.43. The van der Waals surface area contributed by atoms with Gasteiger partial charge in [-0.05, 0) is 103 Å². The Labute approximate surface area is 181 Å². The molecule has 1 atom stereocenters. The van der Waals surface area contributed by atoms with E-state index in [4.69, 9.17) is 4.74 Å². The zero-order valence-corrected chi connectivity index (χ0v) is 18.4. The summed E-state index contributed by atoms with van der Waals surface area (Å²) in [4.78, 5) is 12.7. The van der Waals surface area contributed by atoms with Crippen molar-refractivity contribution in [2.75, 3.05) is 12.9 Å². The molecule has 4 bridgehead atoms. The van der Waals surface area contributed by atoms with E-state index in [-0.39, 0.29) is 11.9 Å². The first-order chi connectivity index (χ1) is 14.5. The highest BCUT2D eigenvalue weighted by Gasteiger charge is 2.53. The molecule has 1 heterocycles. The number of amides is 1. The molecule has 1 aromatic heterocycles. The molecule has 1 aromatic carbocycles. The molecule has 4 aliphatic carbocycles. The van der Waals surface area contributed by atoms with Crippen molar-refractivity contribution < 1.29 is 9.53 Å². The lowest BCUT2D eigenvalue weighted by Crippen LogP contribution is -2.56. The molecule has 8 heteroatoms.